The van der Waals surface area contributed by atoms with Gasteiger partial charge in [-0.2, -0.15) is 4.98 Å². The summed E-state index contributed by atoms with van der Waals surface area (Å²) in [4.78, 5) is 51.6. The summed E-state index contributed by atoms with van der Waals surface area (Å²) in [7, 11) is -4.85. The highest BCUT2D eigenvalue weighted by Gasteiger charge is 2.46. The number of aliphatic hydroxyl groups is 3. The van der Waals surface area contributed by atoms with E-state index in [1.165, 1.54) is 25.4 Å². The highest BCUT2D eigenvalue weighted by molar-refractivity contribution is 7.47. The summed E-state index contributed by atoms with van der Waals surface area (Å²) in [5.74, 6) is -0.0626. The zero-order valence-electron chi connectivity index (χ0n) is 19.3. The number of aromatic nitrogens is 4. The minimum Gasteiger partial charge on any atom is -0.394 e. The smallest absolute Gasteiger partial charge is 0.394 e. The first-order valence-corrected chi connectivity index (χ1v) is 12.5. The van der Waals surface area contributed by atoms with Gasteiger partial charge >= 0.3 is 19.2 Å². The number of anilines is 1. The van der Waals surface area contributed by atoms with Crippen molar-refractivity contribution in [3.05, 3.63) is 55.3 Å². The van der Waals surface area contributed by atoms with E-state index in [0.29, 0.717) is 0 Å². The number of aliphatic hydroxyl groups excluding tert-OH is 3. The Balaban J connectivity index is 1.40. The summed E-state index contributed by atoms with van der Waals surface area (Å²) in [5, 5.41) is 30.2. The molecular weight excluding hydrogens is 521 g/mol. The van der Waals surface area contributed by atoms with E-state index >= 15 is 0 Å². The molecule has 0 spiro atoms. The van der Waals surface area contributed by atoms with Crippen molar-refractivity contribution in [3.63, 3.8) is 0 Å². The SMILES string of the molecule is Cc1cn(C2CC(OP(=O)(O)OCC3OC(n4ccc(N)nc4=O)C(O)C3O)C(CO)O2)c(=O)[nH]c1=O. The zero-order valence-corrected chi connectivity index (χ0v) is 20.2. The van der Waals surface area contributed by atoms with Crippen LogP contribution in [0.1, 0.15) is 24.4 Å². The van der Waals surface area contributed by atoms with E-state index in [1.54, 1.807) is 0 Å². The van der Waals surface area contributed by atoms with Gasteiger partial charge in [0.15, 0.2) is 6.23 Å². The van der Waals surface area contributed by atoms with E-state index < -0.39 is 81.0 Å². The van der Waals surface area contributed by atoms with Crippen molar-refractivity contribution in [2.45, 2.75) is 56.3 Å². The lowest BCUT2D eigenvalue weighted by atomic mass is 10.1. The normalized spacial score (nSPS) is 31.4. The summed E-state index contributed by atoms with van der Waals surface area (Å²) in [6.07, 6.45) is -6.94. The van der Waals surface area contributed by atoms with E-state index in [0.717, 1.165) is 9.13 Å². The highest BCUT2D eigenvalue weighted by atomic mass is 31.2. The minimum atomic E-state index is -4.85. The molecule has 2 saturated heterocycles. The number of hydrogen-bond donors (Lipinski definition) is 6. The fourth-order valence-corrected chi connectivity index (χ4v) is 4.99. The Kier molecular flexibility index (Phi) is 7.80. The van der Waals surface area contributed by atoms with Crippen molar-refractivity contribution in [1.82, 2.24) is 19.1 Å². The molecule has 18 heteroatoms. The minimum absolute atomic E-state index is 0.0626. The summed E-state index contributed by atoms with van der Waals surface area (Å²) in [6.45, 7) is 0.123. The topological polar surface area (TPSA) is 251 Å². The highest BCUT2D eigenvalue weighted by Crippen LogP contribution is 2.49. The lowest BCUT2D eigenvalue weighted by Crippen LogP contribution is -2.36. The van der Waals surface area contributed by atoms with Gasteiger partial charge < -0.3 is 35.4 Å². The van der Waals surface area contributed by atoms with Crippen molar-refractivity contribution in [1.29, 1.82) is 0 Å². The van der Waals surface area contributed by atoms with E-state index in [4.69, 9.17) is 24.3 Å². The van der Waals surface area contributed by atoms with Crippen LogP contribution in [-0.4, -0.2) is 83.0 Å². The van der Waals surface area contributed by atoms with Crippen LogP contribution >= 0.6 is 7.82 Å². The molecule has 2 fully saturated rings. The fourth-order valence-electron chi connectivity index (χ4n) is 4.03. The molecule has 0 radical (unpaired) electrons. The summed E-state index contributed by atoms with van der Waals surface area (Å²) in [5.41, 5.74) is 3.44. The number of ether oxygens (including phenoxy) is 2. The number of H-pyrrole nitrogens is 1. The predicted octanol–water partition coefficient (Wildman–Crippen LogP) is -2.91. The lowest BCUT2D eigenvalue weighted by molar-refractivity contribution is -0.0614. The van der Waals surface area contributed by atoms with E-state index in [9.17, 15) is 39.2 Å². The first-order chi connectivity index (χ1) is 17.4. The third-order valence-electron chi connectivity index (χ3n) is 5.95. The second-order valence-corrected chi connectivity index (χ2v) is 9.93. The van der Waals surface area contributed by atoms with E-state index in [1.807, 2.05) is 0 Å². The standard InChI is InChI=1S/C19H26N5O12P/c1-8-5-24(19(30)22-16(8)28)13-4-9(10(6-25)34-13)36-37(31,32)33-7-11-14(26)15(27)17(35-11)23-3-2-12(20)21-18(23)29/h2-3,5,9-11,13-15,17,25-27H,4,6-7H2,1H3,(H,31,32)(H2,20,21,29)(H,22,28,30). The average molecular weight is 547 g/mol. The van der Waals surface area contributed by atoms with Crippen LogP contribution in [0.25, 0.3) is 0 Å². The molecular formula is C19H26N5O12P. The Morgan fingerprint density at radius 3 is 2.62 bits per heavy atom. The molecule has 2 aliphatic heterocycles. The molecule has 0 aliphatic carbocycles. The molecule has 8 atom stereocenters. The van der Waals surface area contributed by atoms with Gasteiger partial charge in [0.05, 0.1) is 13.2 Å². The molecule has 204 valence electrons. The van der Waals surface area contributed by atoms with Crippen LogP contribution < -0.4 is 22.7 Å². The van der Waals surface area contributed by atoms with Gasteiger partial charge in [-0.25, -0.2) is 14.2 Å². The summed E-state index contributed by atoms with van der Waals surface area (Å²) < 4.78 is 35.6. The molecule has 2 aromatic rings. The van der Waals surface area contributed by atoms with Crippen molar-refractivity contribution >= 4 is 13.6 Å². The first-order valence-electron chi connectivity index (χ1n) is 11.0. The Hall–Kier alpha value is -2.73. The van der Waals surface area contributed by atoms with Gasteiger partial charge in [0.25, 0.3) is 5.56 Å². The Bertz CT molecular complexity index is 1360. The molecule has 8 unspecified atom stereocenters. The number of aryl methyl sites for hydroxylation is 1. The molecule has 17 nitrogen and oxygen atoms in total. The lowest BCUT2D eigenvalue weighted by Gasteiger charge is -2.21. The first kappa shape index (κ1) is 27.3. The predicted molar refractivity (Wildman–Crippen MR) is 121 cm³/mol. The van der Waals surface area contributed by atoms with Gasteiger partial charge in [0.2, 0.25) is 0 Å². The monoisotopic (exact) mass is 547 g/mol. The maximum absolute atomic E-state index is 12.6. The summed E-state index contributed by atoms with van der Waals surface area (Å²) >= 11 is 0. The second-order valence-electron chi connectivity index (χ2n) is 8.52. The van der Waals surface area contributed by atoms with E-state index in [-0.39, 0.29) is 17.8 Å². The third-order valence-corrected chi connectivity index (χ3v) is 6.96. The number of aromatic amines is 1. The molecule has 4 rings (SSSR count). The largest absolute Gasteiger partial charge is 0.472 e. The van der Waals surface area contributed by atoms with Gasteiger partial charge in [-0.15, -0.1) is 0 Å². The number of hydrogen-bond acceptors (Lipinski definition) is 13. The Morgan fingerprint density at radius 1 is 1.22 bits per heavy atom. The maximum Gasteiger partial charge on any atom is 0.472 e. The molecule has 0 aromatic carbocycles. The van der Waals surface area contributed by atoms with Crippen molar-refractivity contribution in [2.24, 2.45) is 0 Å². The number of nitrogens with two attached hydrogens (primary N) is 1. The van der Waals surface area contributed by atoms with Crippen LogP contribution in [0, 0.1) is 6.92 Å². The molecule has 2 aromatic heterocycles. The van der Waals surface area contributed by atoms with Crippen LogP contribution in [0.2, 0.25) is 0 Å². The van der Waals surface area contributed by atoms with Gasteiger partial charge in [0, 0.05) is 24.4 Å². The van der Waals surface area contributed by atoms with Crippen molar-refractivity contribution in [2.75, 3.05) is 18.9 Å². The number of rotatable bonds is 8. The van der Waals surface area contributed by atoms with Gasteiger partial charge in [-0.1, -0.05) is 0 Å². The van der Waals surface area contributed by atoms with Crippen LogP contribution in [-0.2, 0) is 23.1 Å². The van der Waals surface area contributed by atoms with Gasteiger partial charge in [0.1, 0.15) is 42.6 Å². The molecule has 0 bridgehead atoms. The van der Waals surface area contributed by atoms with E-state index in [2.05, 4.69) is 9.97 Å². The second kappa shape index (κ2) is 10.6. The molecule has 37 heavy (non-hydrogen) atoms. The van der Waals surface area contributed by atoms with Gasteiger partial charge in [-0.05, 0) is 13.0 Å². The quantitative estimate of drug-likeness (QED) is 0.181. The van der Waals surface area contributed by atoms with Crippen molar-refractivity contribution < 1.29 is 43.3 Å². The number of nitrogens with one attached hydrogen (secondary N) is 1. The fraction of sp³-hybridized carbons (Fsp3) is 0.579. The summed E-state index contributed by atoms with van der Waals surface area (Å²) in [6, 6.07) is 1.28. The van der Waals surface area contributed by atoms with Crippen LogP contribution in [0.15, 0.2) is 32.8 Å². The number of nitrogen functional groups attached to an aromatic ring is 1. The van der Waals surface area contributed by atoms with Crippen LogP contribution in [0.4, 0.5) is 5.82 Å². The van der Waals surface area contributed by atoms with Crippen LogP contribution in [0.3, 0.4) is 0 Å². The number of phosphoric acid groups is 1. The molecule has 2 aliphatic rings. The zero-order chi connectivity index (χ0) is 27.1. The van der Waals surface area contributed by atoms with Gasteiger partial charge in [-0.3, -0.25) is 28.0 Å². The Morgan fingerprint density at radius 2 is 1.95 bits per heavy atom. The average Bonchev–Trinajstić information content (AvgIpc) is 3.35. The van der Waals surface area contributed by atoms with Crippen molar-refractivity contribution in [3.8, 4) is 0 Å². The number of nitrogens with zero attached hydrogens (tertiary/aromatic N) is 3. The third kappa shape index (κ3) is 5.74. The molecule has 7 N–H and O–H groups in total. The maximum atomic E-state index is 12.6. The molecule has 0 saturated carbocycles. The molecule has 4 heterocycles. The molecule has 0 amide bonds. The Labute approximate surface area is 207 Å². The van der Waals surface area contributed by atoms with Crippen LogP contribution in [0.5, 0.6) is 0 Å². The number of phosphoric ester groups is 1.